The van der Waals surface area contributed by atoms with E-state index in [1.165, 1.54) is 122 Å². The van der Waals surface area contributed by atoms with Crippen molar-refractivity contribution in [2.45, 2.75) is 143 Å². The minimum absolute atomic E-state index is 0. The van der Waals surface area contributed by atoms with Crippen LogP contribution in [-0.4, -0.2) is 29.5 Å². The molecule has 0 bridgehead atoms. The molecule has 0 saturated carbocycles. The summed E-state index contributed by atoms with van der Waals surface area (Å²) in [7, 11) is 1.88. The molecule has 186 valence electrons. The molecule has 0 aliphatic carbocycles. The van der Waals surface area contributed by atoms with Crippen molar-refractivity contribution in [3.63, 3.8) is 0 Å². The first-order valence-corrected chi connectivity index (χ1v) is 16.8. The number of hydrogen-bond donors (Lipinski definition) is 0. The van der Waals surface area contributed by atoms with Gasteiger partial charge in [0.2, 0.25) is 0 Å². The van der Waals surface area contributed by atoms with Gasteiger partial charge in [-0.05, 0) is 0 Å². The quantitative estimate of drug-likeness (QED) is 0.0666. The first-order valence-electron chi connectivity index (χ1n) is 13.7. The van der Waals surface area contributed by atoms with Crippen LogP contribution in [0, 0.1) is 0 Å². The van der Waals surface area contributed by atoms with E-state index in [1.54, 1.807) is 18.5 Å². The van der Waals surface area contributed by atoms with Crippen LogP contribution in [0.3, 0.4) is 0 Å². The van der Waals surface area contributed by atoms with Crippen molar-refractivity contribution in [2.24, 2.45) is 0 Å². The maximum Gasteiger partial charge on any atom is -0.107 e. The third-order valence-electron chi connectivity index (χ3n) is 6.94. The molecular formula is C26H60INP2. The Balaban J connectivity index is 0. The molecule has 0 N–H and O–H groups in total. The van der Waals surface area contributed by atoms with Crippen LogP contribution in [0.15, 0.2) is 0 Å². The SMILES string of the molecule is CCCCCCCC[PH](CCCCCCCC)(CCCCCCCC)N(P)CC.I. The first kappa shape index (κ1) is 33.7. The number of halogens is 1. The second-order valence-electron chi connectivity index (χ2n) is 9.56. The van der Waals surface area contributed by atoms with Crippen molar-refractivity contribution in [1.29, 1.82) is 0 Å². The Morgan fingerprint density at radius 3 is 1.00 bits per heavy atom. The van der Waals surface area contributed by atoms with E-state index in [0.717, 1.165) is 0 Å². The summed E-state index contributed by atoms with van der Waals surface area (Å²) in [5.41, 5.74) is 0. The fourth-order valence-corrected chi connectivity index (χ4v) is 11.0. The van der Waals surface area contributed by atoms with Crippen molar-refractivity contribution in [2.75, 3.05) is 25.0 Å². The third kappa shape index (κ3) is 18.0. The van der Waals surface area contributed by atoms with Gasteiger partial charge in [0.1, 0.15) is 0 Å². The molecule has 0 aromatic carbocycles. The predicted molar refractivity (Wildman–Crippen MR) is 161 cm³/mol. The maximum absolute atomic E-state index is 3.19. The zero-order chi connectivity index (χ0) is 21.6. The maximum atomic E-state index is 3.19. The zero-order valence-electron chi connectivity index (χ0n) is 21.5. The van der Waals surface area contributed by atoms with Gasteiger partial charge in [-0.2, -0.15) is 0 Å². The molecule has 0 aliphatic heterocycles. The molecule has 0 aromatic rings. The summed E-state index contributed by atoms with van der Waals surface area (Å²) in [6.45, 7) is 10.6. The normalized spacial score (nSPS) is 12.3. The Labute approximate surface area is 212 Å². The predicted octanol–water partition coefficient (Wildman–Crippen LogP) is 10.5. The van der Waals surface area contributed by atoms with E-state index in [2.05, 4.69) is 41.5 Å². The Morgan fingerprint density at radius 2 is 0.733 bits per heavy atom. The van der Waals surface area contributed by atoms with Gasteiger partial charge < -0.3 is 0 Å². The smallest absolute Gasteiger partial charge is 0.107 e. The van der Waals surface area contributed by atoms with Gasteiger partial charge in [-0.3, -0.25) is 0 Å². The van der Waals surface area contributed by atoms with Gasteiger partial charge in [0.05, 0.1) is 0 Å². The molecule has 0 amide bonds. The number of hydrogen-bond acceptors (Lipinski definition) is 1. The van der Waals surface area contributed by atoms with Crippen LogP contribution >= 0.6 is 40.8 Å². The zero-order valence-corrected chi connectivity index (χ0v) is 26.0. The second kappa shape index (κ2) is 25.2. The molecule has 30 heavy (non-hydrogen) atoms. The van der Waals surface area contributed by atoms with Crippen molar-refractivity contribution in [3.05, 3.63) is 0 Å². The Hall–Kier alpha value is 1.55. The molecule has 0 radical (unpaired) electrons. The fourth-order valence-electron chi connectivity index (χ4n) is 4.84. The monoisotopic (exact) mass is 575 g/mol. The van der Waals surface area contributed by atoms with Crippen LogP contribution in [0.25, 0.3) is 0 Å². The molecule has 0 aliphatic rings. The topological polar surface area (TPSA) is 3.24 Å². The summed E-state index contributed by atoms with van der Waals surface area (Å²) >= 11 is 0. The van der Waals surface area contributed by atoms with Gasteiger partial charge in [0.25, 0.3) is 0 Å². The van der Waals surface area contributed by atoms with Crippen molar-refractivity contribution in [1.82, 2.24) is 4.44 Å². The molecule has 0 saturated heterocycles. The van der Waals surface area contributed by atoms with E-state index in [9.17, 15) is 0 Å². The van der Waals surface area contributed by atoms with Gasteiger partial charge in [0, 0.05) is 0 Å². The fraction of sp³-hybridized carbons (Fsp3) is 1.00. The molecule has 0 fully saturated rings. The van der Waals surface area contributed by atoms with E-state index >= 15 is 0 Å². The number of rotatable bonds is 23. The van der Waals surface area contributed by atoms with E-state index in [4.69, 9.17) is 0 Å². The molecule has 1 atom stereocenters. The van der Waals surface area contributed by atoms with Gasteiger partial charge in [0.15, 0.2) is 0 Å². The average Bonchev–Trinajstić information content (AvgIpc) is 2.74. The van der Waals surface area contributed by atoms with Gasteiger partial charge in [-0.25, -0.2) is 0 Å². The van der Waals surface area contributed by atoms with E-state index in [0.29, 0.717) is 0 Å². The number of nitrogens with zero attached hydrogens (tertiary/aromatic N) is 1. The summed E-state index contributed by atoms with van der Waals surface area (Å²) in [6.07, 6.45) is 30.7. The summed E-state index contributed by atoms with van der Waals surface area (Å²) < 4.78 is 2.80. The Bertz CT molecular complexity index is 287. The minimum Gasteiger partial charge on any atom is -0.107 e. The van der Waals surface area contributed by atoms with Gasteiger partial charge in [-0.1, -0.05) is 0 Å². The second-order valence-corrected chi connectivity index (χ2v) is 15.2. The molecule has 0 spiro atoms. The van der Waals surface area contributed by atoms with E-state index in [-0.39, 0.29) is 24.0 Å². The number of unbranched alkanes of at least 4 members (excludes halogenated alkanes) is 15. The van der Waals surface area contributed by atoms with Crippen LogP contribution in [0.4, 0.5) is 0 Å². The standard InChI is InChI=1S/C26H59NP2.HI/c1-5-9-12-15-18-21-24-29(27(28)8-4,25-22-19-16-13-10-6-2)26-23-20-17-14-11-7-3;/h29H,5-26,28H2,1-4H3;1H. The summed E-state index contributed by atoms with van der Waals surface area (Å²) in [6, 6.07) is 0. The van der Waals surface area contributed by atoms with Crippen molar-refractivity contribution >= 4 is 40.8 Å². The summed E-state index contributed by atoms with van der Waals surface area (Å²) in [5.74, 6) is 0. The molecule has 1 nitrogen and oxygen atoms in total. The minimum atomic E-state index is -1.31. The Morgan fingerprint density at radius 1 is 0.467 bits per heavy atom. The van der Waals surface area contributed by atoms with E-state index in [1.807, 2.05) is 0 Å². The first-order chi connectivity index (χ1) is 14.2. The van der Waals surface area contributed by atoms with Crippen molar-refractivity contribution in [3.8, 4) is 0 Å². The molecule has 1 unspecified atom stereocenters. The van der Waals surface area contributed by atoms with Gasteiger partial charge >= 0.3 is 190 Å². The average molecular weight is 576 g/mol. The third-order valence-corrected chi connectivity index (χ3v) is 14.3. The van der Waals surface area contributed by atoms with Gasteiger partial charge in [-0.15, -0.1) is 24.0 Å². The molecule has 4 heteroatoms. The Kier molecular flexibility index (Phi) is 28.3. The summed E-state index contributed by atoms with van der Waals surface area (Å²) in [4.78, 5) is 0. The molecule has 0 rings (SSSR count). The van der Waals surface area contributed by atoms with Crippen LogP contribution < -0.4 is 0 Å². The van der Waals surface area contributed by atoms with Crippen LogP contribution in [0.5, 0.6) is 0 Å². The molecule has 0 aromatic heterocycles. The molecular weight excluding hydrogens is 515 g/mol. The molecule has 0 heterocycles. The van der Waals surface area contributed by atoms with Crippen molar-refractivity contribution < 1.29 is 0 Å². The summed E-state index contributed by atoms with van der Waals surface area (Å²) in [5, 5.41) is 0. The largest absolute Gasteiger partial charge is 0.107 e. The van der Waals surface area contributed by atoms with E-state index < -0.39 is 7.41 Å². The van der Waals surface area contributed by atoms with Crippen LogP contribution in [-0.2, 0) is 0 Å². The van der Waals surface area contributed by atoms with Crippen LogP contribution in [0.1, 0.15) is 143 Å². The van der Waals surface area contributed by atoms with Crippen LogP contribution in [0.2, 0.25) is 0 Å².